The highest BCUT2D eigenvalue weighted by molar-refractivity contribution is 7.98. The van der Waals surface area contributed by atoms with E-state index in [2.05, 4.69) is 14.9 Å². The topological polar surface area (TPSA) is 58.6 Å². The second-order valence-corrected chi connectivity index (χ2v) is 8.01. The summed E-state index contributed by atoms with van der Waals surface area (Å²) in [6, 6.07) is 9.39. The van der Waals surface area contributed by atoms with Crippen molar-refractivity contribution in [2.24, 2.45) is 0 Å². The summed E-state index contributed by atoms with van der Waals surface area (Å²) in [5, 5.41) is 0.978. The molecule has 0 saturated carbocycles. The molecule has 25 heavy (non-hydrogen) atoms. The molecule has 1 atom stereocenters. The number of aromatic nitrogens is 2. The number of hydrogen-bond donors (Lipinski definition) is 0. The van der Waals surface area contributed by atoms with Crippen LogP contribution in [0.3, 0.4) is 0 Å². The molecule has 1 unspecified atom stereocenters. The lowest BCUT2D eigenvalue weighted by Crippen LogP contribution is -2.47. The van der Waals surface area contributed by atoms with Crippen LogP contribution in [-0.4, -0.2) is 58.0 Å². The molecular weight excluding hydrogens is 356 g/mol. The van der Waals surface area contributed by atoms with E-state index in [1.54, 1.807) is 18.9 Å². The average Bonchev–Trinajstić information content (AvgIpc) is 2.67. The van der Waals surface area contributed by atoms with Crippen molar-refractivity contribution in [2.75, 3.05) is 44.4 Å². The summed E-state index contributed by atoms with van der Waals surface area (Å²) in [5.74, 6) is 1.53. The number of nitrogens with zero attached hydrogens (tertiary/aromatic N) is 4. The van der Waals surface area contributed by atoms with Gasteiger partial charge < -0.3 is 9.64 Å². The fraction of sp³-hybridized carbons (Fsp3) is 0.412. The molecule has 0 aliphatic carbocycles. The normalized spacial score (nSPS) is 16.7. The van der Waals surface area contributed by atoms with E-state index < -0.39 is 11.0 Å². The van der Waals surface area contributed by atoms with Gasteiger partial charge in [-0.15, -0.1) is 11.8 Å². The molecule has 0 N–H and O–H groups in total. The first-order valence-electron chi connectivity index (χ1n) is 8.06. The maximum Gasteiger partial charge on any atom is 0.226 e. The largest absolute Gasteiger partial charge is 0.497 e. The van der Waals surface area contributed by atoms with Gasteiger partial charge in [0.05, 0.1) is 12.0 Å². The second-order valence-electron chi connectivity index (χ2n) is 5.69. The van der Waals surface area contributed by atoms with Gasteiger partial charge in [0.15, 0.2) is 0 Å². The van der Waals surface area contributed by atoms with E-state index in [-0.39, 0.29) is 0 Å². The lowest BCUT2D eigenvalue weighted by atomic mass is 10.3. The zero-order valence-corrected chi connectivity index (χ0v) is 16.3. The predicted octanol–water partition coefficient (Wildman–Crippen LogP) is 2.36. The molecule has 0 amide bonds. The van der Waals surface area contributed by atoms with Gasteiger partial charge in [-0.25, -0.2) is 18.5 Å². The van der Waals surface area contributed by atoms with Crippen LogP contribution in [0, 0.1) is 6.92 Å². The minimum absolute atomic E-state index is 0.713. The molecule has 0 spiro atoms. The molecule has 1 aromatic heterocycles. The summed E-state index contributed by atoms with van der Waals surface area (Å²) in [6.45, 7) is 4.94. The molecule has 8 heteroatoms. The number of aryl methyl sites for hydroxylation is 1. The van der Waals surface area contributed by atoms with Crippen molar-refractivity contribution in [3.63, 3.8) is 0 Å². The number of ether oxygens (including phenoxy) is 1. The van der Waals surface area contributed by atoms with E-state index in [4.69, 9.17) is 4.74 Å². The summed E-state index contributed by atoms with van der Waals surface area (Å²) in [7, 11) is 0.470. The van der Waals surface area contributed by atoms with Crippen molar-refractivity contribution in [1.82, 2.24) is 14.3 Å². The van der Waals surface area contributed by atoms with E-state index in [9.17, 15) is 4.21 Å². The van der Waals surface area contributed by atoms with Crippen LogP contribution in [0.15, 0.2) is 40.3 Å². The summed E-state index contributed by atoms with van der Waals surface area (Å²) < 4.78 is 19.9. The average molecular weight is 379 g/mol. The third-order valence-corrected chi connectivity index (χ3v) is 6.18. The van der Waals surface area contributed by atoms with Gasteiger partial charge >= 0.3 is 0 Å². The minimum atomic E-state index is -1.16. The molecule has 134 valence electrons. The van der Waals surface area contributed by atoms with Crippen LogP contribution in [-0.2, 0) is 11.0 Å². The van der Waals surface area contributed by atoms with Gasteiger partial charge in [-0.05, 0) is 43.5 Å². The van der Waals surface area contributed by atoms with Crippen LogP contribution in [0.5, 0.6) is 5.75 Å². The van der Waals surface area contributed by atoms with Crippen LogP contribution in [0.25, 0.3) is 0 Å². The monoisotopic (exact) mass is 378 g/mol. The zero-order valence-electron chi connectivity index (χ0n) is 14.6. The smallest absolute Gasteiger partial charge is 0.226 e. The summed E-state index contributed by atoms with van der Waals surface area (Å²) >= 11 is 1.62. The molecule has 6 nitrogen and oxygen atoms in total. The quantitative estimate of drug-likeness (QED) is 0.588. The Hall–Kier alpha value is -1.64. The fourth-order valence-electron chi connectivity index (χ4n) is 2.67. The third kappa shape index (κ3) is 4.31. The SMILES string of the molecule is COc1ccc(S(=O)N2CCN(c3nc(C)cc(SC)n3)CC2)cc1. The van der Waals surface area contributed by atoms with Crippen LogP contribution in [0.2, 0.25) is 0 Å². The lowest BCUT2D eigenvalue weighted by molar-refractivity contribution is 0.406. The highest BCUT2D eigenvalue weighted by Gasteiger charge is 2.24. The Kier molecular flexibility index (Phi) is 5.93. The minimum Gasteiger partial charge on any atom is -0.497 e. The summed E-state index contributed by atoms with van der Waals surface area (Å²) in [4.78, 5) is 12.1. The molecule has 1 saturated heterocycles. The van der Waals surface area contributed by atoms with Gasteiger partial charge in [0.2, 0.25) is 5.95 Å². The van der Waals surface area contributed by atoms with Crippen molar-refractivity contribution >= 4 is 28.7 Å². The Morgan fingerprint density at radius 3 is 2.40 bits per heavy atom. The Morgan fingerprint density at radius 1 is 1.12 bits per heavy atom. The number of thioether (sulfide) groups is 1. The van der Waals surface area contributed by atoms with Crippen LogP contribution < -0.4 is 9.64 Å². The molecule has 1 aliphatic heterocycles. The molecule has 0 bridgehead atoms. The van der Waals surface area contributed by atoms with Crippen LogP contribution in [0.1, 0.15) is 5.69 Å². The summed E-state index contributed by atoms with van der Waals surface area (Å²) in [6.07, 6.45) is 2.02. The van der Waals surface area contributed by atoms with Crippen molar-refractivity contribution < 1.29 is 8.95 Å². The Bertz CT molecular complexity index is 747. The fourth-order valence-corrected chi connectivity index (χ4v) is 4.29. The van der Waals surface area contributed by atoms with Gasteiger partial charge in [0.25, 0.3) is 0 Å². The van der Waals surface area contributed by atoms with E-state index in [0.29, 0.717) is 13.1 Å². The number of rotatable bonds is 5. The van der Waals surface area contributed by atoms with Crippen molar-refractivity contribution in [3.05, 3.63) is 36.0 Å². The molecular formula is C17H22N4O2S2. The summed E-state index contributed by atoms with van der Waals surface area (Å²) in [5.41, 5.74) is 0.971. The maximum atomic E-state index is 12.7. The van der Waals surface area contributed by atoms with Crippen LogP contribution in [0.4, 0.5) is 5.95 Å². The number of piperazine rings is 1. The van der Waals surface area contributed by atoms with E-state index in [1.807, 2.05) is 47.8 Å². The van der Waals surface area contributed by atoms with Gasteiger partial charge in [0.1, 0.15) is 21.8 Å². The van der Waals surface area contributed by atoms with Crippen LogP contribution >= 0.6 is 11.8 Å². The Morgan fingerprint density at radius 2 is 1.80 bits per heavy atom. The van der Waals surface area contributed by atoms with Crippen molar-refractivity contribution in [2.45, 2.75) is 16.8 Å². The molecule has 2 aromatic rings. The number of benzene rings is 1. The molecule has 1 fully saturated rings. The number of hydrogen-bond acceptors (Lipinski definition) is 6. The zero-order chi connectivity index (χ0) is 17.8. The highest BCUT2D eigenvalue weighted by Crippen LogP contribution is 2.21. The van der Waals surface area contributed by atoms with E-state index in [0.717, 1.165) is 40.4 Å². The van der Waals surface area contributed by atoms with Crippen molar-refractivity contribution in [1.29, 1.82) is 0 Å². The number of anilines is 1. The van der Waals surface area contributed by atoms with Crippen molar-refractivity contribution in [3.8, 4) is 5.75 Å². The first kappa shape index (κ1) is 18.2. The number of methoxy groups -OCH3 is 1. The molecule has 3 rings (SSSR count). The Labute approximate surface area is 155 Å². The predicted molar refractivity (Wildman–Crippen MR) is 102 cm³/mol. The lowest BCUT2D eigenvalue weighted by Gasteiger charge is -2.33. The highest BCUT2D eigenvalue weighted by atomic mass is 32.2. The molecule has 1 aromatic carbocycles. The van der Waals surface area contributed by atoms with Gasteiger partial charge in [-0.3, -0.25) is 0 Å². The van der Waals surface area contributed by atoms with Gasteiger partial charge in [-0.2, -0.15) is 0 Å². The van der Waals surface area contributed by atoms with E-state index >= 15 is 0 Å². The first-order chi connectivity index (χ1) is 12.1. The van der Waals surface area contributed by atoms with Gasteiger partial charge in [0, 0.05) is 31.9 Å². The van der Waals surface area contributed by atoms with Gasteiger partial charge in [-0.1, -0.05) is 0 Å². The van der Waals surface area contributed by atoms with E-state index in [1.165, 1.54) is 0 Å². The third-order valence-electron chi connectivity index (χ3n) is 4.05. The molecule has 0 radical (unpaired) electrons. The molecule has 2 heterocycles. The Balaban J connectivity index is 1.65. The standard InChI is InChI=1S/C17H22N4O2S2/c1-13-12-16(24-3)19-17(18-13)20-8-10-21(11-9-20)25(22)15-6-4-14(23-2)5-7-15/h4-7,12H,8-11H2,1-3H3. The second kappa shape index (κ2) is 8.16. The maximum absolute atomic E-state index is 12.7. The molecule has 1 aliphatic rings. The first-order valence-corrected chi connectivity index (χ1v) is 10.4.